The largest absolute Gasteiger partial charge is 0.395 e. The molecule has 0 aliphatic heterocycles. The van der Waals surface area contributed by atoms with Crippen LogP contribution in [0.25, 0.3) is 0 Å². The lowest BCUT2D eigenvalue weighted by Gasteiger charge is -2.54. The van der Waals surface area contributed by atoms with Gasteiger partial charge in [-0.15, -0.1) is 0 Å². The van der Waals surface area contributed by atoms with Gasteiger partial charge in [0.1, 0.15) is 0 Å². The lowest BCUT2D eigenvalue weighted by Crippen LogP contribution is -2.63. The predicted molar refractivity (Wildman–Crippen MR) is 61.9 cm³/mol. The quantitative estimate of drug-likeness (QED) is 0.706. The zero-order valence-corrected chi connectivity index (χ0v) is 10.4. The zero-order chi connectivity index (χ0) is 11.5. The standard InChI is InChI=1S/C12H25NO2/c1-5-12(4)10(13-9(3)8-14)7-11(12)15-6-2/h9-11,13-14H,5-8H2,1-4H3/t9-,10?,11?,12?/m1/s1. The topological polar surface area (TPSA) is 41.5 Å². The van der Waals surface area contributed by atoms with Gasteiger partial charge in [0.25, 0.3) is 0 Å². The third-order valence-electron chi connectivity index (χ3n) is 3.87. The minimum Gasteiger partial charge on any atom is -0.395 e. The fourth-order valence-corrected chi connectivity index (χ4v) is 2.40. The van der Waals surface area contributed by atoms with Crippen LogP contribution in [0.15, 0.2) is 0 Å². The Balaban J connectivity index is 2.49. The van der Waals surface area contributed by atoms with Gasteiger partial charge < -0.3 is 15.2 Å². The third kappa shape index (κ3) is 2.52. The summed E-state index contributed by atoms with van der Waals surface area (Å²) >= 11 is 0. The number of hydrogen-bond acceptors (Lipinski definition) is 3. The molecule has 90 valence electrons. The van der Waals surface area contributed by atoms with Gasteiger partial charge in [-0.2, -0.15) is 0 Å². The molecule has 3 unspecified atom stereocenters. The summed E-state index contributed by atoms with van der Waals surface area (Å²) in [4.78, 5) is 0. The zero-order valence-electron chi connectivity index (χ0n) is 10.4. The first-order chi connectivity index (χ1) is 7.08. The van der Waals surface area contributed by atoms with E-state index in [1.54, 1.807) is 0 Å². The Labute approximate surface area is 93.2 Å². The fraction of sp³-hybridized carbons (Fsp3) is 1.00. The van der Waals surface area contributed by atoms with E-state index in [4.69, 9.17) is 9.84 Å². The Morgan fingerprint density at radius 1 is 1.53 bits per heavy atom. The van der Waals surface area contributed by atoms with E-state index in [1.165, 1.54) is 0 Å². The molecular weight excluding hydrogens is 190 g/mol. The lowest BCUT2D eigenvalue weighted by atomic mass is 9.61. The molecule has 0 amide bonds. The van der Waals surface area contributed by atoms with E-state index in [9.17, 15) is 0 Å². The van der Waals surface area contributed by atoms with Crippen LogP contribution >= 0.6 is 0 Å². The molecule has 0 radical (unpaired) electrons. The molecule has 0 aromatic rings. The molecule has 0 bridgehead atoms. The highest BCUT2D eigenvalue weighted by Gasteiger charge is 2.51. The van der Waals surface area contributed by atoms with Gasteiger partial charge in [0.05, 0.1) is 12.7 Å². The van der Waals surface area contributed by atoms with Crippen LogP contribution in [0.2, 0.25) is 0 Å². The van der Waals surface area contributed by atoms with E-state index in [1.807, 2.05) is 13.8 Å². The third-order valence-corrected chi connectivity index (χ3v) is 3.87. The van der Waals surface area contributed by atoms with Gasteiger partial charge in [0.2, 0.25) is 0 Å². The summed E-state index contributed by atoms with van der Waals surface area (Å²) < 4.78 is 5.73. The number of aliphatic hydroxyl groups excluding tert-OH is 1. The first kappa shape index (κ1) is 12.9. The van der Waals surface area contributed by atoms with Gasteiger partial charge in [-0.1, -0.05) is 13.8 Å². The Hall–Kier alpha value is -0.120. The summed E-state index contributed by atoms with van der Waals surface area (Å²) in [5, 5.41) is 12.5. The Bertz CT molecular complexity index is 198. The first-order valence-corrected chi connectivity index (χ1v) is 6.07. The smallest absolute Gasteiger partial charge is 0.0658 e. The van der Waals surface area contributed by atoms with Crippen molar-refractivity contribution >= 4 is 0 Å². The van der Waals surface area contributed by atoms with Crippen molar-refractivity contribution in [1.82, 2.24) is 5.32 Å². The van der Waals surface area contributed by atoms with Crippen molar-refractivity contribution in [1.29, 1.82) is 0 Å². The Kier molecular flexibility index (Phi) is 4.56. The summed E-state index contributed by atoms with van der Waals surface area (Å²) in [6.45, 7) is 9.55. The van der Waals surface area contributed by atoms with Crippen LogP contribution in [0.5, 0.6) is 0 Å². The molecule has 1 aliphatic carbocycles. The number of ether oxygens (including phenoxy) is 1. The van der Waals surface area contributed by atoms with Gasteiger partial charge in [-0.3, -0.25) is 0 Å². The average Bonchev–Trinajstić information content (AvgIpc) is 2.26. The van der Waals surface area contributed by atoms with Gasteiger partial charge in [0.15, 0.2) is 0 Å². The highest BCUT2D eigenvalue weighted by atomic mass is 16.5. The molecule has 0 spiro atoms. The lowest BCUT2D eigenvalue weighted by molar-refractivity contribution is -0.128. The molecule has 0 aromatic heterocycles. The van der Waals surface area contributed by atoms with Crippen molar-refractivity contribution < 1.29 is 9.84 Å². The van der Waals surface area contributed by atoms with Gasteiger partial charge in [-0.05, 0) is 26.7 Å². The first-order valence-electron chi connectivity index (χ1n) is 6.07. The molecule has 3 heteroatoms. The second kappa shape index (κ2) is 5.28. The molecule has 1 aliphatic rings. The molecule has 1 fully saturated rings. The van der Waals surface area contributed by atoms with E-state index < -0.39 is 0 Å². The maximum atomic E-state index is 9.02. The molecule has 0 aromatic carbocycles. The Morgan fingerprint density at radius 2 is 2.20 bits per heavy atom. The number of rotatable bonds is 6. The van der Waals surface area contributed by atoms with Gasteiger partial charge >= 0.3 is 0 Å². The van der Waals surface area contributed by atoms with Crippen LogP contribution < -0.4 is 5.32 Å². The highest BCUT2D eigenvalue weighted by Crippen LogP contribution is 2.45. The molecule has 15 heavy (non-hydrogen) atoms. The van der Waals surface area contributed by atoms with Crippen LogP contribution in [-0.2, 0) is 4.74 Å². The number of aliphatic hydroxyl groups is 1. The van der Waals surface area contributed by atoms with Crippen LogP contribution in [-0.4, -0.2) is 36.5 Å². The van der Waals surface area contributed by atoms with E-state index in [0.29, 0.717) is 12.1 Å². The fourth-order valence-electron chi connectivity index (χ4n) is 2.40. The van der Waals surface area contributed by atoms with E-state index in [-0.39, 0.29) is 18.1 Å². The summed E-state index contributed by atoms with van der Waals surface area (Å²) in [7, 11) is 0. The van der Waals surface area contributed by atoms with Crippen molar-refractivity contribution in [3.63, 3.8) is 0 Å². The van der Waals surface area contributed by atoms with Crippen LogP contribution in [0.3, 0.4) is 0 Å². The maximum Gasteiger partial charge on any atom is 0.0658 e. The van der Waals surface area contributed by atoms with E-state index >= 15 is 0 Å². The van der Waals surface area contributed by atoms with Crippen LogP contribution in [0, 0.1) is 5.41 Å². The summed E-state index contributed by atoms with van der Waals surface area (Å²) in [6.07, 6.45) is 2.58. The molecule has 0 heterocycles. The van der Waals surface area contributed by atoms with Crippen LogP contribution in [0.4, 0.5) is 0 Å². The SMILES string of the molecule is CCOC1CC(N[C@H](C)CO)C1(C)CC. The van der Waals surface area contributed by atoms with E-state index in [2.05, 4.69) is 19.2 Å². The minimum absolute atomic E-state index is 0.184. The molecule has 0 saturated heterocycles. The second-order valence-corrected chi connectivity index (χ2v) is 4.84. The van der Waals surface area contributed by atoms with Crippen LogP contribution in [0.1, 0.15) is 40.5 Å². The Morgan fingerprint density at radius 3 is 2.67 bits per heavy atom. The summed E-state index contributed by atoms with van der Waals surface area (Å²) in [6, 6.07) is 0.671. The number of nitrogens with one attached hydrogen (secondary N) is 1. The summed E-state index contributed by atoms with van der Waals surface area (Å²) in [5.74, 6) is 0. The monoisotopic (exact) mass is 215 g/mol. The molecule has 1 saturated carbocycles. The van der Waals surface area contributed by atoms with Crippen molar-refractivity contribution in [3.8, 4) is 0 Å². The molecule has 1 rings (SSSR count). The molecular formula is C12H25NO2. The number of hydrogen-bond donors (Lipinski definition) is 2. The van der Waals surface area contributed by atoms with Gasteiger partial charge in [0, 0.05) is 24.1 Å². The second-order valence-electron chi connectivity index (χ2n) is 4.84. The normalized spacial score (nSPS) is 37.4. The molecule has 2 N–H and O–H groups in total. The predicted octanol–water partition coefficient (Wildman–Crippen LogP) is 1.55. The minimum atomic E-state index is 0.184. The highest BCUT2D eigenvalue weighted by molar-refractivity contribution is 5.05. The van der Waals surface area contributed by atoms with Crippen molar-refractivity contribution in [2.45, 2.75) is 58.7 Å². The average molecular weight is 215 g/mol. The van der Waals surface area contributed by atoms with Crippen molar-refractivity contribution in [2.24, 2.45) is 5.41 Å². The molecule has 4 atom stereocenters. The van der Waals surface area contributed by atoms with E-state index in [0.717, 1.165) is 19.4 Å². The van der Waals surface area contributed by atoms with Gasteiger partial charge in [-0.25, -0.2) is 0 Å². The molecule has 3 nitrogen and oxygen atoms in total. The van der Waals surface area contributed by atoms with Crippen molar-refractivity contribution in [2.75, 3.05) is 13.2 Å². The maximum absolute atomic E-state index is 9.02. The van der Waals surface area contributed by atoms with Crippen molar-refractivity contribution in [3.05, 3.63) is 0 Å². The summed E-state index contributed by atoms with van der Waals surface area (Å²) in [5.41, 5.74) is 0.236.